The third-order valence-electron chi connectivity index (χ3n) is 5.01. The number of carbonyl (C=O) groups is 2. The average Bonchev–Trinajstić information content (AvgIpc) is 3.10. The minimum atomic E-state index is -0.558. The van der Waals surface area contributed by atoms with E-state index in [2.05, 4.69) is 42.0 Å². The minimum Gasteiger partial charge on any atom is -0.449 e. The van der Waals surface area contributed by atoms with Gasteiger partial charge >= 0.3 is 0 Å². The number of nitrogens with one attached hydrogen (secondary N) is 1. The van der Waals surface area contributed by atoms with Crippen LogP contribution in [0.2, 0.25) is 0 Å². The highest BCUT2D eigenvalue weighted by Crippen LogP contribution is 2.36. The molecule has 4 rings (SSSR count). The van der Waals surface area contributed by atoms with Gasteiger partial charge in [-0.25, -0.2) is 0 Å². The first kappa shape index (κ1) is 23.5. The Labute approximate surface area is 210 Å². The highest BCUT2D eigenvalue weighted by molar-refractivity contribution is 9.10. The lowest BCUT2D eigenvalue weighted by Gasteiger charge is -2.29. The van der Waals surface area contributed by atoms with Gasteiger partial charge < -0.3 is 4.42 Å². The van der Waals surface area contributed by atoms with E-state index < -0.39 is 11.8 Å². The molecule has 1 aromatic heterocycles. The molecule has 1 fully saturated rings. The molecule has 5 nitrogen and oxygen atoms in total. The second kappa shape index (κ2) is 9.29. The summed E-state index contributed by atoms with van der Waals surface area (Å²) in [6, 6.07) is 19.1. The van der Waals surface area contributed by atoms with Crippen molar-refractivity contribution in [3.63, 3.8) is 0 Å². The maximum Gasteiger partial charge on any atom is 0.270 e. The molecule has 1 saturated heterocycles. The molecule has 0 aliphatic carbocycles. The molecule has 0 atom stereocenters. The third-order valence-corrected chi connectivity index (χ3v) is 7.14. The lowest BCUT2D eigenvalue weighted by molar-refractivity contribution is -0.122. The van der Waals surface area contributed by atoms with Crippen molar-refractivity contribution in [2.45, 2.75) is 36.2 Å². The van der Waals surface area contributed by atoms with Gasteiger partial charge in [-0.05, 0) is 75.5 Å². The number of benzene rings is 2. The van der Waals surface area contributed by atoms with Gasteiger partial charge in [-0.1, -0.05) is 62.9 Å². The van der Waals surface area contributed by atoms with Crippen LogP contribution in [0.15, 0.2) is 85.1 Å². The van der Waals surface area contributed by atoms with Crippen LogP contribution in [0.3, 0.4) is 0 Å². The van der Waals surface area contributed by atoms with Gasteiger partial charge in [0.05, 0.1) is 10.2 Å². The molecule has 0 spiro atoms. The lowest BCUT2D eigenvalue weighted by Crippen LogP contribution is -2.54. The molecule has 0 saturated carbocycles. The summed E-state index contributed by atoms with van der Waals surface area (Å²) in [5.41, 5.74) is 1.64. The number of thiocarbonyl (C=S) groups is 1. The molecular formula is C25H21BrN2O3S2. The number of nitrogens with zero attached hydrogens (tertiary/aromatic N) is 1. The molecule has 0 radical (unpaired) electrons. The summed E-state index contributed by atoms with van der Waals surface area (Å²) < 4.78 is 6.63. The van der Waals surface area contributed by atoms with Gasteiger partial charge in [-0.15, -0.1) is 0 Å². The summed E-state index contributed by atoms with van der Waals surface area (Å²) in [5.74, 6) is -0.677. The lowest BCUT2D eigenvalue weighted by atomic mass is 9.87. The molecule has 8 heteroatoms. The van der Waals surface area contributed by atoms with Gasteiger partial charge in [0.1, 0.15) is 11.3 Å². The van der Waals surface area contributed by atoms with Crippen LogP contribution in [-0.4, -0.2) is 16.9 Å². The normalized spacial score (nSPS) is 15.8. The number of amides is 2. The molecule has 0 bridgehead atoms. The van der Waals surface area contributed by atoms with Crippen LogP contribution in [0, 0.1) is 0 Å². The number of anilines is 1. The summed E-state index contributed by atoms with van der Waals surface area (Å²) >= 11 is 10.2. The number of hydrogen-bond donors (Lipinski definition) is 1. The molecular weight excluding hydrogens is 520 g/mol. The Balaban J connectivity index is 1.63. The molecule has 1 N–H and O–H groups in total. The van der Waals surface area contributed by atoms with Crippen molar-refractivity contribution in [1.82, 2.24) is 5.32 Å². The monoisotopic (exact) mass is 540 g/mol. The fraction of sp³-hybridized carbons (Fsp3) is 0.160. The van der Waals surface area contributed by atoms with Crippen LogP contribution >= 0.6 is 39.9 Å². The van der Waals surface area contributed by atoms with Gasteiger partial charge in [0.15, 0.2) is 10.2 Å². The van der Waals surface area contributed by atoms with E-state index in [1.54, 1.807) is 6.07 Å². The van der Waals surface area contributed by atoms with Gasteiger partial charge in [0.2, 0.25) is 0 Å². The standard InChI is InChI=1S/C25H21BrN2O3S2/c1-25(2,3)15-9-11-16(12-10-15)28-22(30)19(21(29)27-24(28)32)13-17-14-20(26)23(31-17)33-18-7-5-4-6-8-18/h4-14H,1-3H3,(H,27,29,32)/b19-13+. The fourth-order valence-electron chi connectivity index (χ4n) is 3.25. The Hall–Kier alpha value is -2.68. The average molecular weight is 541 g/mol. The van der Waals surface area contributed by atoms with E-state index in [9.17, 15) is 9.59 Å². The van der Waals surface area contributed by atoms with Crippen molar-refractivity contribution in [3.8, 4) is 0 Å². The molecule has 2 heterocycles. The maximum atomic E-state index is 13.3. The highest BCUT2D eigenvalue weighted by Gasteiger charge is 2.35. The Bertz CT molecular complexity index is 1260. The van der Waals surface area contributed by atoms with Crippen LogP contribution in [0.4, 0.5) is 5.69 Å². The smallest absolute Gasteiger partial charge is 0.270 e. The van der Waals surface area contributed by atoms with E-state index >= 15 is 0 Å². The largest absolute Gasteiger partial charge is 0.449 e. The van der Waals surface area contributed by atoms with Crippen LogP contribution in [0.5, 0.6) is 0 Å². The quantitative estimate of drug-likeness (QED) is 0.238. The van der Waals surface area contributed by atoms with Crippen molar-refractivity contribution < 1.29 is 14.0 Å². The fourth-order valence-corrected chi connectivity index (χ4v) is 4.88. The van der Waals surface area contributed by atoms with E-state index in [1.807, 2.05) is 54.6 Å². The van der Waals surface area contributed by atoms with Crippen LogP contribution in [0.25, 0.3) is 6.08 Å². The Morgan fingerprint density at radius 3 is 2.36 bits per heavy atom. The van der Waals surface area contributed by atoms with Crippen molar-refractivity contribution in [3.05, 3.63) is 82.0 Å². The molecule has 2 aromatic carbocycles. The van der Waals surface area contributed by atoms with E-state index in [-0.39, 0.29) is 16.1 Å². The zero-order valence-electron chi connectivity index (χ0n) is 18.2. The van der Waals surface area contributed by atoms with Crippen LogP contribution in [-0.2, 0) is 15.0 Å². The Kier molecular flexibility index (Phi) is 6.61. The van der Waals surface area contributed by atoms with Gasteiger partial charge in [-0.2, -0.15) is 0 Å². The van der Waals surface area contributed by atoms with Gasteiger partial charge in [-0.3, -0.25) is 19.8 Å². The Morgan fingerprint density at radius 2 is 1.73 bits per heavy atom. The molecule has 33 heavy (non-hydrogen) atoms. The zero-order valence-corrected chi connectivity index (χ0v) is 21.4. The summed E-state index contributed by atoms with van der Waals surface area (Å²) in [4.78, 5) is 28.2. The van der Waals surface area contributed by atoms with Crippen LogP contribution < -0.4 is 10.2 Å². The number of rotatable bonds is 4. The molecule has 1 aliphatic rings. The predicted octanol–water partition coefficient (Wildman–Crippen LogP) is 6.32. The molecule has 0 unspecified atom stereocenters. The van der Waals surface area contributed by atoms with Crippen molar-refractivity contribution in [1.29, 1.82) is 0 Å². The van der Waals surface area contributed by atoms with E-state index in [1.165, 1.54) is 22.7 Å². The molecule has 3 aromatic rings. The van der Waals surface area contributed by atoms with E-state index in [0.717, 1.165) is 14.9 Å². The predicted molar refractivity (Wildman–Crippen MR) is 138 cm³/mol. The molecule has 2 amide bonds. The van der Waals surface area contributed by atoms with Crippen molar-refractivity contribution >= 4 is 68.6 Å². The summed E-state index contributed by atoms with van der Waals surface area (Å²) in [5, 5.41) is 3.28. The third kappa shape index (κ3) is 5.13. The van der Waals surface area contributed by atoms with Crippen molar-refractivity contribution in [2.24, 2.45) is 0 Å². The van der Waals surface area contributed by atoms with Crippen molar-refractivity contribution in [2.75, 3.05) is 4.90 Å². The topological polar surface area (TPSA) is 62.6 Å². The molecule has 1 aliphatic heterocycles. The summed E-state index contributed by atoms with van der Waals surface area (Å²) in [7, 11) is 0. The molecule has 168 valence electrons. The first-order chi connectivity index (χ1) is 15.6. The zero-order chi connectivity index (χ0) is 23.8. The first-order valence-electron chi connectivity index (χ1n) is 10.2. The number of furan rings is 1. The van der Waals surface area contributed by atoms with Gasteiger partial charge in [0, 0.05) is 4.90 Å². The highest BCUT2D eigenvalue weighted by atomic mass is 79.9. The second-order valence-corrected chi connectivity index (χ2v) is 10.7. The van der Waals surface area contributed by atoms with Crippen LogP contribution in [0.1, 0.15) is 32.1 Å². The summed E-state index contributed by atoms with van der Waals surface area (Å²) in [6.45, 7) is 6.35. The number of carbonyl (C=O) groups excluding carboxylic acids is 2. The minimum absolute atomic E-state index is 0.0215. The number of halogens is 1. The van der Waals surface area contributed by atoms with Gasteiger partial charge in [0.25, 0.3) is 11.8 Å². The SMILES string of the molecule is CC(C)(C)c1ccc(N2C(=O)/C(=C/c3cc(Br)c(Sc4ccccc4)o3)C(=O)NC2=S)cc1. The van der Waals surface area contributed by atoms with E-state index in [4.69, 9.17) is 16.6 Å². The Morgan fingerprint density at radius 1 is 1.06 bits per heavy atom. The summed E-state index contributed by atoms with van der Waals surface area (Å²) in [6.07, 6.45) is 1.44. The van der Waals surface area contributed by atoms with E-state index in [0.29, 0.717) is 16.5 Å². The number of hydrogen-bond acceptors (Lipinski definition) is 5. The second-order valence-electron chi connectivity index (χ2n) is 8.45. The first-order valence-corrected chi connectivity index (χ1v) is 12.2. The maximum absolute atomic E-state index is 13.3.